The van der Waals surface area contributed by atoms with Gasteiger partial charge in [-0.25, -0.2) is 4.39 Å². The number of fused-ring (bicyclic) bond motifs is 1. The molecule has 1 aliphatic rings. The van der Waals surface area contributed by atoms with Crippen molar-refractivity contribution in [2.24, 2.45) is 0 Å². The van der Waals surface area contributed by atoms with Gasteiger partial charge in [-0.2, -0.15) is 0 Å². The molecule has 1 N–H and O–H groups in total. The van der Waals surface area contributed by atoms with Gasteiger partial charge in [0, 0.05) is 6.08 Å². The highest BCUT2D eigenvalue weighted by atomic mass is 19.1. The van der Waals surface area contributed by atoms with E-state index in [1.165, 1.54) is 43.5 Å². The van der Waals surface area contributed by atoms with Crippen LogP contribution in [0.25, 0.3) is 6.08 Å². The first kappa shape index (κ1) is 19.2. The van der Waals surface area contributed by atoms with Gasteiger partial charge < -0.3 is 19.5 Å². The highest BCUT2D eigenvalue weighted by Gasteiger charge is 2.22. The maximum Gasteiger partial charge on any atom is 0.280 e. The number of nitro groups is 1. The standard InChI is InChI=1S/C19H17FN2O6/c1-11(12-3-5-16(26-2)14(20)7-12)21-19(23)6-4-13-8-17-18(28-10-27-17)9-15(13)22(24)25/h3-9,11H,10H2,1-2H3,(H,21,23)/b6-4+/t11-/m1/s1. The van der Waals surface area contributed by atoms with Gasteiger partial charge in [-0.15, -0.1) is 0 Å². The first-order valence-corrected chi connectivity index (χ1v) is 8.29. The van der Waals surface area contributed by atoms with Crippen molar-refractivity contribution in [3.8, 4) is 17.2 Å². The molecule has 1 atom stereocenters. The van der Waals surface area contributed by atoms with Crippen molar-refractivity contribution in [1.29, 1.82) is 0 Å². The van der Waals surface area contributed by atoms with Crippen molar-refractivity contribution < 1.29 is 28.3 Å². The summed E-state index contributed by atoms with van der Waals surface area (Å²) in [5.74, 6) is -0.267. The molecule has 0 fully saturated rings. The topological polar surface area (TPSA) is 99.9 Å². The Morgan fingerprint density at radius 1 is 1.32 bits per heavy atom. The third kappa shape index (κ3) is 4.03. The number of nitrogens with zero attached hydrogens (tertiary/aromatic N) is 1. The second-order valence-corrected chi connectivity index (χ2v) is 5.98. The highest BCUT2D eigenvalue weighted by Crippen LogP contribution is 2.38. The van der Waals surface area contributed by atoms with E-state index in [1.54, 1.807) is 13.0 Å². The van der Waals surface area contributed by atoms with Gasteiger partial charge >= 0.3 is 0 Å². The number of hydrogen-bond donors (Lipinski definition) is 1. The molecule has 0 bridgehead atoms. The largest absolute Gasteiger partial charge is 0.494 e. The van der Waals surface area contributed by atoms with E-state index in [1.807, 2.05) is 0 Å². The van der Waals surface area contributed by atoms with E-state index in [-0.39, 0.29) is 29.5 Å². The summed E-state index contributed by atoms with van der Waals surface area (Å²) in [7, 11) is 1.36. The quantitative estimate of drug-likeness (QED) is 0.463. The summed E-state index contributed by atoms with van der Waals surface area (Å²) in [6, 6.07) is 6.59. The van der Waals surface area contributed by atoms with Crippen molar-refractivity contribution in [2.75, 3.05) is 13.9 Å². The number of ether oxygens (including phenoxy) is 3. The van der Waals surface area contributed by atoms with E-state index < -0.39 is 22.7 Å². The molecule has 0 spiro atoms. The summed E-state index contributed by atoms with van der Waals surface area (Å²) in [6.45, 7) is 1.67. The van der Waals surface area contributed by atoms with Gasteiger partial charge in [-0.3, -0.25) is 14.9 Å². The summed E-state index contributed by atoms with van der Waals surface area (Å²) in [5, 5.41) is 13.9. The number of halogens is 1. The molecule has 1 heterocycles. The second-order valence-electron chi connectivity index (χ2n) is 5.98. The minimum Gasteiger partial charge on any atom is -0.494 e. The number of methoxy groups -OCH3 is 1. The van der Waals surface area contributed by atoms with Gasteiger partial charge in [0.25, 0.3) is 5.69 Å². The molecule has 0 saturated carbocycles. The van der Waals surface area contributed by atoms with E-state index in [0.717, 1.165) is 0 Å². The number of hydrogen-bond acceptors (Lipinski definition) is 6. The number of nitrogens with one attached hydrogen (secondary N) is 1. The van der Waals surface area contributed by atoms with E-state index in [2.05, 4.69) is 5.32 Å². The van der Waals surface area contributed by atoms with Crippen LogP contribution in [0.3, 0.4) is 0 Å². The molecule has 8 nitrogen and oxygen atoms in total. The monoisotopic (exact) mass is 388 g/mol. The van der Waals surface area contributed by atoms with Gasteiger partial charge in [0.2, 0.25) is 12.7 Å². The van der Waals surface area contributed by atoms with Crippen LogP contribution in [-0.4, -0.2) is 24.7 Å². The third-order valence-corrected chi connectivity index (χ3v) is 4.17. The normalized spacial score (nSPS) is 13.4. The van der Waals surface area contributed by atoms with Crippen LogP contribution in [0.2, 0.25) is 0 Å². The predicted octanol–water partition coefficient (Wildman–Crippen LogP) is 3.36. The number of nitro benzene ring substituents is 1. The van der Waals surface area contributed by atoms with Gasteiger partial charge in [-0.05, 0) is 36.8 Å². The molecule has 28 heavy (non-hydrogen) atoms. The molecule has 0 unspecified atom stereocenters. The molecule has 0 aromatic heterocycles. The minimum absolute atomic E-state index is 0.0178. The van der Waals surface area contributed by atoms with Crippen LogP contribution in [0.4, 0.5) is 10.1 Å². The fraction of sp³-hybridized carbons (Fsp3) is 0.211. The maximum absolute atomic E-state index is 13.8. The second kappa shape index (κ2) is 7.95. The van der Waals surface area contributed by atoms with Crippen molar-refractivity contribution in [1.82, 2.24) is 5.32 Å². The Bertz CT molecular complexity index is 960. The van der Waals surface area contributed by atoms with Crippen LogP contribution >= 0.6 is 0 Å². The molecule has 0 radical (unpaired) electrons. The van der Waals surface area contributed by atoms with Crippen LogP contribution in [0.5, 0.6) is 17.2 Å². The Morgan fingerprint density at radius 3 is 2.68 bits per heavy atom. The Morgan fingerprint density at radius 2 is 2.04 bits per heavy atom. The molecule has 9 heteroatoms. The molecular formula is C19H17FN2O6. The molecule has 1 amide bonds. The average molecular weight is 388 g/mol. The molecule has 2 aromatic rings. The molecule has 1 aliphatic heterocycles. The summed E-state index contributed by atoms with van der Waals surface area (Å²) >= 11 is 0. The van der Waals surface area contributed by atoms with E-state index in [4.69, 9.17) is 14.2 Å². The van der Waals surface area contributed by atoms with Gasteiger partial charge in [0.05, 0.1) is 29.7 Å². The summed E-state index contributed by atoms with van der Waals surface area (Å²) in [6.07, 6.45) is 2.48. The van der Waals surface area contributed by atoms with Crippen LogP contribution in [-0.2, 0) is 4.79 Å². The smallest absolute Gasteiger partial charge is 0.280 e. The van der Waals surface area contributed by atoms with Crippen LogP contribution < -0.4 is 19.5 Å². The Balaban J connectivity index is 1.73. The molecule has 2 aromatic carbocycles. The third-order valence-electron chi connectivity index (χ3n) is 4.17. The zero-order chi connectivity index (χ0) is 20.3. The lowest BCUT2D eigenvalue weighted by Gasteiger charge is -2.14. The van der Waals surface area contributed by atoms with Crippen LogP contribution in [0, 0.1) is 15.9 Å². The Kier molecular flexibility index (Phi) is 5.44. The number of rotatable bonds is 6. The van der Waals surface area contributed by atoms with Crippen molar-refractivity contribution in [3.05, 3.63) is 63.5 Å². The number of amides is 1. The van der Waals surface area contributed by atoms with Crippen molar-refractivity contribution >= 4 is 17.7 Å². The van der Waals surface area contributed by atoms with Crippen molar-refractivity contribution in [2.45, 2.75) is 13.0 Å². The predicted molar refractivity (Wildman–Crippen MR) is 97.8 cm³/mol. The molecule has 3 rings (SSSR count). The van der Waals surface area contributed by atoms with Crippen LogP contribution in [0.1, 0.15) is 24.1 Å². The Labute approximate surface area is 159 Å². The lowest BCUT2D eigenvalue weighted by atomic mass is 10.1. The van der Waals surface area contributed by atoms with E-state index in [0.29, 0.717) is 11.3 Å². The minimum atomic E-state index is -0.567. The fourth-order valence-corrected chi connectivity index (χ4v) is 2.70. The van der Waals surface area contributed by atoms with E-state index >= 15 is 0 Å². The van der Waals surface area contributed by atoms with E-state index in [9.17, 15) is 19.3 Å². The molecule has 0 saturated heterocycles. The van der Waals surface area contributed by atoms with Crippen LogP contribution in [0.15, 0.2) is 36.4 Å². The zero-order valence-corrected chi connectivity index (χ0v) is 15.1. The number of carbonyl (C=O) groups is 1. The summed E-state index contributed by atoms with van der Waals surface area (Å²) in [5.41, 5.74) is 0.542. The number of carbonyl (C=O) groups excluding carboxylic acids is 1. The summed E-state index contributed by atoms with van der Waals surface area (Å²) < 4.78 is 29.0. The highest BCUT2D eigenvalue weighted by molar-refractivity contribution is 5.92. The summed E-state index contributed by atoms with van der Waals surface area (Å²) in [4.78, 5) is 22.9. The molecular weight excluding hydrogens is 371 g/mol. The van der Waals surface area contributed by atoms with Gasteiger partial charge in [0.1, 0.15) is 0 Å². The van der Waals surface area contributed by atoms with Gasteiger partial charge in [-0.1, -0.05) is 6.07 Å². The SMILES string of the molecule is COc1ccc([C@@H](C)NC(=O)/C=C/c2cc3c(cc2[N+](=O)[O-])OCO3)cc1F. The lowest BCUT2D eigenvalue weighted by molar-refractivity contribution is -0.385. The fourth-order valence-electron chi connectivity index (χ4n) is 2.70. The number of benzene rings is 2. The zero-order valence-electron chi connectivity index (χ0n) is 15.1. The first-order chi connectivity index (χ1) is 13.4. The average Bonchev–Trinajstić information content (AvgIpc) is 3.12. The first-order valence-electron chi connectivity index (χ1n) is 8.29. The molecule has 146 valence electrons. The Hall–Kier alpha value is -3.62. The van der Waals surface area contributed by atoms with Gasteiger partial charge in [0.15, 0.2) is 23.1 Å². The maximum atomic E-state index is 13.8. The van der Waals surface area contributed by atoms with Crippen molar-refractivity contribution in [3.63, 3.8) is 0 Å². The lowest BCUT2D eigenvalue weighted by Crippen LogP contribution is -2.24. The molecule has 0 aliphatic carbocycles.